The second-order valence-corrected chi connectivity index (χ2v) is 8.90. The monoisotopic (exact) mass is 462 g/mol. The predicted octanol–water partition coefficient (Wildman–Crippen LogP) is 2.09. The van der Waals surface area contributed by atoms with Crippen LogP contribution in [0.15, 0.2) is 18.2 Å². The Balaban J connectivity index is 1.60. The number of ether oxygens (including phenoxy) is 1. The highest BCUT2D eigenvalue weighted by Gasteiger charge is 2.52. The number of nitroso groups, excluding NO2 is 1. The fourth-order valence-corrected chi connectivity index (χ4v) is 4.96. The Kier molecular flexibility index (Phi) is 6.85. The van der Waals surface area contributed by atoms with Gasteiger partial charge in [0.25, 0.3) is 12.3 Å². The predicted molar refractivity (Wildman–Crippen MR) is 109 cm³/mol. The Labute approximate surface area is 184 Å². The van der Waals surface area contributed by atoms with Crippen molar-refractivity contribution in [2.75, 3.05) is 39.3 Å². The molecule has 5 atom stereocenters. The lowest BCUT2D eigenvalue weighted by atomic mass is 10.0. The Morgan fingerprint density at radius 3 is 2.74 bits per heavy atom. The van der Waals surface area contributed by atoms with Gasteiger partial charge in [0.15, 0.2) is 6.10 Å². The maximum absolute atomic E-state index is 13.5. The van der Waals surface area contributed by atoms with Gasteiger partial charge in [-0.25, -0.2) is 10.2 Å². The Morgan fingerprint density at radius 2 is 2.10 bits per heavy atom. The van der Waals surface area contributed by atoms with Crippen LogP contribution in [0.1, 0.15) is 30.1 Å². The van der Waals surface area contributed by atoms with E-state index in [1.54, 1.807) is 0 Å². The first kappa shape index (κ1) is 22.9. The van der Waals surface area contributed by atoms with Crippen molar-refractivity contribution >= 4 is 11.6 Å². The molecule has 3 fully saturated rings. The number of nitrogens with zero attached hydrogens (tertiary/aromatic N) is 2. The van der Waals surface area contributed by atoms with Crippen molar-refractivity contribution in [3.05, 3.63) is 39.3 Å². The molecule has 0 amide bonds. The molecular formula is C20H28ClF3N5O2+. The van der Waals surface area contributed by atoms with Crippen LogP contribution >= 0.6 is 11.6 Å². The molecule has 31 heavy (non-hydrogen) atoms. The van der Waals surface area contributed by atoms with Gasteiger partial charge in [0.1, 0.15) is 0 Å². The SMILES string of the molecule is NCC1CCN(C2C(OC3CCNC3)CNC(c3ccc(Cl)c(C(F)(F)F)c3)[N+]2=O)C1. The number of nitrogens with two attached hydrogens (primary N) is 1. The molecule has 3 saturated heterocycles. The van der Waals surface area contributed by atoms with Crippen molar-refractivity contribution in [2.24, 2.45) is 11.7 Å². The Hall–Kier alpha value is -1.30. The van der Waals surface area contributed by atoms with Gasteiger partial charge in [-0.3, -0.25) is 0 Å². The zero-order valence-electron chi connectivity index (χ0n) is 17.1. The number of likely N-dealkylation sites (tertiary alicyclic amines) is 1. The molecule has 0 spiro atoms. The van der Waals surface area contributed by atoms with Crippen LogP contribution in [0.2, 0.25) is 5.02 Å². The van der Waals surface area contributed by atoms with Crippen LogP contribution in [-0.2, 0) is 10.9 Å². The smallest absolute Gasteiger partial charge is 0.364 e. The number of nitrogens with one attached hydrogen (secondary N) is 2. The number of rotatable bonds is 5. The lowest BCUT2D eigenvalue weighted by Gasteiger charge is -2.35. The van der Waals surface area contributed by atoms with Crippen LogP contribution < -0.4 is 16.4 Å². The second kappa shape index (κ2) is 9.29. The minimum atomic E-state index is -4.60. The fraction of sp³-hybridized carbons (Fsp3) is 0.700. The Morgan fingerprint density at radius 1 is 1.29 bits per heavy atom. The topological polar surface area (TPSA) is 82.6 Å². The minimum absolute atomic E-state index is 0.0134. The van der Waals surface area contributed by atoms with Crippen molar-refractivity contribution in [2.45, 2.75) is 43.6 Å². The zero-order chi connectivity index (χ0) is 22.2. The van der Waals surface area contributed by atoms with E-state index in [9.17, 15) is 18.1 Å². The number of hydrogen-bond donors (Lipinski definition) is 3. The van der Waals surface area contributed by atoms with Gasteiger partial charge < -0.3 is 15.8 Å². The maximum Gasteiger partial charge on any atom is 0.417 e. The molecule has 4 rings (SSSR count). The molecule has 11 heteroatoms. The average molecular weight is 463 g/mol. The molecule has 3 aliphatic heterocycles. The molecule has 4 N–H and O–H groups in total. The van der Waals surface area contributed by atoms with Crippen molar-refractivity contribution in [1.29, 1.82) is 0 Å². The highest BCUT2D eigenvalue weighted by Crippen LogP contribution is 2.37. The molecule has 0 bridgehead atoms. The van der Waals surface area contributed by atoms with Crippen LogP contribution in [-0.4, -0.2) is 67.3 Å². The van der Waals surface area contributed by atoms with Crippen molar-refractivity contribution in [1.82, 2.24) is 15.5 Å². The number of alkyl halides is 3. The molecule has 0 radical (unpaired) electrons. The average Bonchev–Trinajstić information content (AvgIpc) is 3.40. The van der Waals surface area contributed by atoms with Gasteiger partial charge in [-0.1, -0.05) is 11.6 Å². The molecule has 1 aromatic carbocycles. The number of benzene rings is 1. The van der Waals surface area contributed by atoms with Crippen LogP contribution in [0.4, 0.5) is 13.2 Å². The van der Waals surface area contributed by atoms with Crippen molar-refractivity contribution < 1.29 is 22.7 Å². The normalized spacial score (nSPS) is 32.7. The van der Waals surface area contributed by atoms with Crippen molar-refractivity contribution in [3.63, 3.8) is 0 Å². The van der Waals surface area contributed by atoms with Crippen LogP contribution in [0, 0.1) is 10.8 Å². The lowest BCUT2D eigenvalue weighted by Crippen LogP contribution is -2.61. The summed E-state index contributed by atoms with van der Waals surface area (Å²) in [5.74, 6) is 0.294. The molecule has 3 heterocycles. The number of hydrogen-bond acceptors (Lipinski definition) is 6. The minimum Gasteiger partial charge on any atom is -0.364 e. The summed E-state index contributed by atoms with van der Waals surface area (Å²) in [5, 5.41) is 5.95. The molecule has 0 saturated carbocycles. The van der Waals surface area contributed by atoms with Gasteiger partial charge in [-0.15, -0.1) is 0 Å². The van der Waals surface area contributed by atoms with Gasteiger partial charge in [0, 0.05) is 41.4 Å². The van der Waals surface area contributed by atoms with Crippen molar-refractivity contribution in [3.8, 4) is 0 Å². The van der Waals surface area contributed by atoms with E-state index in [1.807, 2.05) is 0 Å². The van der Waals surface area contributed by atoms with Crippen LogP contribution in [0.3, 0.4) is 0 Å². The third kappa shape index (κ3) is 4.89. The van der Waals surface area contributed by atoms with Gasteiger partial charge in [0.05, 0.1) is 16.7 Å². The zero-order valence-corrected chi connectivity index (χ0v) is 17.8. The van der Waals surface area contributed by atoms with Gasteiger partial charge in [0.2, 0.25) is 0 Å². The van der Waals surface area contributed by atoms with Crippen LogP contribution in [0.25, 0.3) is 0 Å². The quantitative estimate of drug-likeness (QED) is 0.581. The summed E-state index contributed by atoms with van der Waals surface area (Å²) in [7, 11) is 0. The summed E-state index contributed by atoms with van der Waals surface area (Å²) in [6.07, 6.45) is -4.77. The largest absolute Gasteiger partial charge is 0.417 e. The second-order valence-electron chi connectivity index (χ2n) is 8.50. The molecule has 0 aromatic heterocycles. The van der Waals surface area contributed by atoms with E-state index in [-0.39, 0.29) is 16.7 Å². The fourth-order valence-electron chi connectivity index (χ4n) is 4.74. The van der Waals surface area contributed by atoms with E-state index >= 15 is 0 Å². The highest BCUT2D eigenvalue weighted by atomic mass is 35.5. The maximum atomic E-state index is 13.5. The van der Waals surface area contributed by atoms with Crippen LogP contribution in [0.5, 0.6) is 0 Å². The summed E-state index contributed by atoms with van der Waals surface area (Å²) in [5.41, 5.74) is 5.11. The van der Waals surface area contributed by atoms with E-state index in [0.29, 0.717) is 32.1 Å². The summed E-state index contributed by atoms with van der Waals surface area (Å²) >= 11 is 5.76. The van der Waals surface area contributed by atoms with E-state index in [1.165, 1.54) is 12.1 Å². The van der Waals surface area contributed by atoms with Gasteiger partial charge >= 0.3 is 6.18 Å². The molecule has 3 aliphatic rings. The van der Waals surface area contributed by atoms with E-state index in [4.69, 9.17) is 22.1 Å². The molecular weight excluding hydrogens is 435 g/mol. The van der Waals surface area contributed by atoms with Gasteiger partial charge in [-0.05, 0) is 50.0 Å². The molecule has 172 valence electrons. The Bertz CT molecular complexity index is 806. The molecule has 7 nitrogen and oxygen atoms in total. The molecule has 5 unspecified atom stereocenters. The van der Waals surface area contributed by atoms with E-state index in [0.717, 1.165) is 36.8 Å². The van der Waals surface area contributed by atoms with E-state index in [2.05, 4.69) is 15.5 Å². The first-order valence-electron chi connectivity index (χ1n) is 10.6. The summed E-state index contributed by atoms with van der Waals surface area (Å²) in [6.45, 7) is 3.86. The highest BCUT2D eigenvalue weighted by molar-refractivity contribution is 6.31. The van der Waals surface area contributed by atoms with E-state index < -0.39 is 30.2 Å². The third-order valence-electron chi connectivity index (χ3n) is 6.38. The standard InChI is InChI=1S/C20H28ClF3N5O2/c21-16-2-1-13(7-15(16)20(22,23)24)18-27-10-17(31-14-3-5-26-9-14)19(29(18)30)28-6-4-12(8-25)11-28/h1-2,7,12,14,17-19,26-27H,3-6,8-11,25H2/q+1. The lowest BCUT2D eigenvalue weighted by molar-refractivity contribution is -0.672. The third-order valence-corrected chi connectivity index (χ3v) is 6.71. The summed E-state index contributed by atoms with van der Waals surface area (Å²) in [4.78, 5) is 15.6. The van der Waals surface area contributed by atoms with Gasteiger partial charge in [-0.2, -0.15) is 13.2 Å². The number of halogens is 4. The molecule has 1 aromatic rings. The first-order valence-corrected chi connectivity index (χ1v) is 11.0. The summed E-state index contributed by atoms with van der Waals surface area (Å²) < 4.78 is 47.1. The first-order chi connectivity index (χ1) is 14.8. The summed E-state index contributed by atoms with van der Waals surface area (Å²) in [6, 6.07) is 3.61. The molecule has 0 aliphatic carbocycles.